The third-order valence-corrected chi connectivity index (χ3v) is 10.8. The van der Waals surface area contributed by atoms with Crippen LogP contribution in [-0.4, -0.2) is 41.3 Å². The molecule has 5 saturated carbocycles. The summed E-state index contributed by atoms with van der Waals surface area (Å²) >= 11 is 0. The van der Waals surface area contributed by atoms with E-state index in [1.165, 1.54) is 82.6 Å². The lowest BCUT2D eigenvalue weighted by Crippen LogP contribution is -2.54. The van der Waals surface area contributed by atoms with Gasteiger partial charge in [0, 0.05) is 0 Å². The molecule has 0 aromatic heterocycles. The van der Waals surface area contributed by atoms with Crippen LogP contribution in [0.3, 0.4) is 0 Å². The van der Waals surface area contributed by atoms with Gasteiger partial charge in [0.15, 0.2) is 0 Å². The number of aliphatic imine (C=N–C) groups is 1. The molecule has 4 nitrogen and oxygen atoms in total. The van der Waals surface area contributed by atoms with Gasteiger partial charge in [-0.25, -0.2) is 0 Å². The van der Waals surface area contributed by atoms with Gasteiger partial charge in [0.2, 0.25) is 5.91 Å². The minimum Gasteiger partial charge on any atom is -0.293 e. The topological polar surface area (TPSA) is 35.9 Å². The van der Waals surface area contributed by atoms with Crippen molar-refractivity contribution in [1.29, 1.82) is 0 Å². The van der Waals surface area contributed by atoms with Crippen LogP contribution in [-0.2, 0) is 4.79 Å². The summed E-state index contributed by atoms with van der Waals surface area (Å²) in [4.78, 5) is 25.4. The molecule has 1 aromatic carbocycles. The highest BCUT2D eigenvalue weighted by Crippen LogP contribution is 2.58. The molecule has 4 bridgehead atoms. The van der Waals surface area contributed by atoms with Gasteiger partial charge >= 0.3 is 0 Å². The second kappa shape index (κ2) is 8.43. The zero-order valence-corrected chi connectivity index (χ0v) is 21.7. The van der Waals surface area contributed by atoms with Crippen LogP contribution in [0.15, 0.2) is 29.3 Å². The summed E-state index contributed by atoms with van der Waals surface area (Å²) in [6, 6.07) is 8.87. The van der Waals surface area contributed by atoms with Crippen LogP contribution in [0.5, 0.6) is 0 Å². The largest absolute Gasteiger partial charge is 0.293 e. The molecule has 188 valence electrons. The summed E-state index contributed by atoms with van der Waals surface area (Å²) in [5, 5.41) is 0. The smallest absolute Gasteiger partial charge is 0.240 e. The first-order valence-corrected chi connectivity index (χ1v) is 14.8. The molecule has 1 spiro atoms. The van der Waals surface area contributed by atoms with Crippen LogP contribution < -0.4 is 4.90 Å². The van der Waals surface area contributed by atoms with Crippen LogP contribution in [0, 0.1) is 30.1 Å². The van der Waals surface area contributed by atoms with E-state index >= 15 is 0 Å². The number of hydrogen-bond acceptors (Lipinski definition) is 3. The van der Waals surface area contributed by atoms with Gasteiger partial charge in [0.05, 0.1) is 22.7 Å². The van der Waals surface area contributed by atoms with Gasteiger partial charge in [-0.15, -0.1) is 0 Å². The highest BCUT2D eigenvalue weighted by atomic mass is 16.2. The average Bonchev–Trinajstić information content (AvgIpc) is 3.06. The number of nitrogens with zero attached hydrogens (tertiary/aromatic N) is 3. The third-order valence-electron chi connectivity index (χ3n) is 10.8. The van der Waals surface area contributed by atoms with E-state index in [-0.39, 0.29) is 17.0 Å². The molecular weight excluding hydrogens is 430 g/mol. The number of piperidine rings is 1. The second-order valence-corrected chi connectivity index (χ2v) is 13.3. The minimum absolute atomic E-state index is 0.0849. The second-order valence-electron chi connectivity index (χ2n) is 13.3. The monoisotopic (exact) mass is 473 g/mol. The van der Waals surface area contributed by atoms with Gasteiger partial charge in [-0.1, -0.05) is 43.4 Å². The first-order valence-electron chi connectivity index (χ1n) is 14.8. The molecule has 35 heavy (non-hydrogen) atoms. The van der Waals surface area contributed by atoms with E-state index in [1.54, 1.807) is 0 Å². The Hall–Kier alpha value is -1.68. The molecule has 7 aliphatic rings. The lowest BCUT2D eigenvalue weighted by atomic mass is 9.53. The standard InChI is InChI=1S/C31H43N3O/c1-22-8-10-26(11-9-22)34-28(32-30-19-23-16-24(20-30)18-25(17-23)21-30)27(33-14-6-3-7-15-33)31(29(34)35)12-4-2-5-13-31/h8-11,23-25,27H,2-7,12-21H2,1H3. The van der Waals surface area contributed by atoms with Crippen LogP contribution in [0.4, 0.5) is 5.69 Å². The Morgan fingerprint density at radius 2 is 1.37 bits per heavy atom. The minimum atomic E-state index is -0.276. The summed E-state index contributed by atoms with van der Waals surface area (Å²) < 4.78 is 0. The van der Waals surface area contributed by atoms with Crippen molar-refractivity contribution in [3.05, 3.63) is 29.8 Å². The van der Waals surface area contributed by atoms with Crippen molar-refractivity contribution in [3.8, 4) is 0 Å². The van der Waals surface area contributed by atoms with Gasteiger partial charge < -0.3 is 0 Å². The third kappa shape index (κ3) is 3.64. The maximum Gasteiger partial charge on any atom is 0.240 e. The molecule has 2 aliphatic heterocycles. The predicted octanol–water partition coefficient (Wildman–Crippen LogP) is 6.51. The lowest BCUT2D eigenvalue weighted by molar-refractivity contribution is -0.130. The first-order chi connectivity index (χ1) is 17.1. The molecule has 1 amide bonds. The molecule has 8 rings (SSSR count). The average molecular weight is 474 g/mol. The van der Waals surface area contributed by atoms with Gasteiger partial charge in [0.25, 0.3) is 0 Å². The van der Waals surface area contributed by atoms with E-state index in [2.05, 4.69) is 41.0 Å². The number of likely N-dealkylation sites (tertiary alicyclic amines) is 1. The van der Waals surface area contributed by atoms with Gasteiger partial charge in [-0.05, 0) is 114 Å². The number of amidine groups is 1. The van der Waals surface area contributed by atoms with Gasteiger partial charge in [-0.3, -0.25) is 19.6 Å². The fourth-order valence-electron chi connectivity index (χ4n) is 9.67. The fourth-order valence-corrected chi connectivity index (χ4v) is 9.67. The summed E-state index contributed by atoms with van der Waals surface area (Å²) in [6.07, 6.45) is 17.6. The van der Waals surface area contributed by atoms with Crippen LogP contribution in [0.2, 0.25) is 0 Å². The molecule has 1 unspecified atom stereocenters. The molecule has 2 heterocycles. The molecule has 0 N–H and O–H groups in total. The SMILES string of the molecule is Cc1ccc(N2C(=O)C3(CCCCC3)C(N3CCCCC3)C2=NC23CC4CC(CC(C4)C2)C3)cc1. The van der Waals surface area contributed by atoms with E-state index in [9.17, 15) is 4.79 Å². The Morgan fingerprint density at radius 3 is 1.97 bits per heavy atom. The summed E-state index contributed by atoms with van der Waals surface area (Å²) in [7, 11) is 0. The molecular formula is C31H43N3O. The van der Waals surface area contributed by atoms with Crippen molar-refractivity contribution in [2.24, 2.45) is 28.2 Å². The van der Waals surface area contributed by atoms with Crippen LogP contribution in [0.1, 0.15) is 95.5 Å². The van der Waals surface area contributed by atoms with Crippen molar-refractivity contribution in [3.63, 3.8) is 0 Å². The van der Waals surface area contributed by atoms with Crippen molar-refractivity contribution in [2.45, 2.75) is 108 Å². The van der Waals surface area contributed by atoms with E-state index in [0.29, 0.717) is 5.91 Å². The zero-order valence-electron chi connectivity index (χ0n) is 21.7. The number of anilines is 1. The number of amides is 1. The maximum absolute atomic E-state index is 14.6. The van der Waals surface area contributed by atoms with Crippen molar-refractivity contribution in [2.75, 3.05) is 18.0 Å². The molecule has 4 heteroatoms. The number of carbonyl (C=O) groups excluding carboxylic acids is 1. The van der Waals surface area contributed by atoms with Crippen LogP contribution >= 0.6 is 0 Å². The fraction of sp³-hybridized carbons (Fsp3) is 0.742. The summed E-state index contributed by atoms with van der Waals surface area (Å²) in [5.41, 5.74) is 2.11. The highest BCUT2D eigenvalue weighted by molar-refractivity contribution is 6.27. The lowest BCUT2D eigenvalue weighted by Gasteiger charge is -2.55. The van der Waals surface area contributed by atoms with E-state index < -0.39 is 0 Å². The Labute approximate surface area is 211 Å². The molecule has 0 radical (unpaired) electrons. The summed E-state index contributed by atoms with van der Waals surface area (Å²) in [6.45, 7) is 4.39. The highest BCUT2D eigenvalue weighted by Gasteiger charge is 2.61. The molecule has 5 aliphatic carbocycles. The summed E-state index contributed by atoms with van der Waals surface area (Å²) in [5.74, 6) is 4.11. The Kier molecular flexibility index (Phi) is 5.42. The van der Waals surface area contributed by atoms with Gasteiger partial charge in [0.1, 0.15) is 5.84 Å². The Bertz CT molecular complexity index is 963. The molecule has 1 aromatic rings. The molecule has 2 saturated heterocycles. The molecule has 1 atom stereocenters. The van der Waals surface area contributed by atoms with E-state index in [1.807, 2.05) is 0 Å². The molecule has 7 fully saturated rings. The number of hydrogen-bond donors (Lipinski definition) is 0. The van der Waals surface area contributed by atoms with E-state index in [0.717, 1.165) is 55.2 Å². The quantitative estimate of drug-likeness (QED) is 0.501. The normalized spacial score (nSPS) is 39.7. The number of benzene rings is 1. The number of carbonyl (C=O) groups is 1. The van der Waals surface area contributed by atoms with E-state index in [4.69, 9.17) is 4.99 Å². The first kappa shape index (κ1) is 22.5. The predicted molar refractivity (Wildman–Crippen MR) is 142 cm³/mol. The van der Waals surface area contributed by atoms with Crippen molar-refractivity contribution in [1.82, 2.24) is 4.90 Å². The Morgan fingerprint density at radius 1 is 0.800 bits per heavy atom. The maximum atomic E-state index is 14.6. The van der Waals surface area contributed by atoms with Gasteiger partial charge in [-0.2, -0.15) is 0 Å². The zero-order chi connectivity index (χ0) is 23.6. The van der Waals surface area contributed by atoms with Crippen LogP contribution in [0.25, 0.3) is 0 Å². The van der Waals surface area contributed by atoms with Crippen molar-refractivity contribution >= 4 is 17.4 Å². The number of aryl methyl sites for hydroxylation is 1. The van der Waals surface area contributed by atoms with Crippen molar-refractivity contribution < 1.29 is 4.79 Å². The number of rotatable bonds is 3. The Balaban J connectivity index is 1.38.